The second kappa shape index (κ2) is 6.22. The number of halogens is 1. The molecular formula is C14H17FN2O3S. The van der Waals surface area contributed by atoms with Gasteiger partial charge >= 0.3 is 0 Å². The third kappa shape index (κ3) is 4.83. The molecule has 0 aliphatic carbocycles. The van der Waals surface area contributed by atoms with Crippen LogP contribution in [-0.2, 0) is 14.6 Å². The normalized spacial score (nSPS) is 13.3. The Hall–Kier alpha value is -1.94. The monoisotopic (exact) mass is 312 g/mol. The van der Waals surface area contributed by atoms with Gasteiger partial charge in [-0.3, -0.25) is 4.79 Å². The van der Waals surface area contributed by atoms with E-state index in [2.05, 4.69) is 5.32 Å². The molecular weight excluding hydrogens is 295 g/mol. The van der Waals surface area contributed by atoms with Gasteiger partial charge in [-0.05, 0) is 38.1 Å². The number of rotatable bonds is 5. The number of sulfone groups is 1. The number of nitriles is 1. The highest BCUT2D eigenvalue weighted by molar-refractivity contribution is 7.91. The minimum atomic E-state index is -3.69. The molecule has 0 aromatic heterocycles. The van der Waals surface area contributed by atoms with E-state index in [1.54, 1.807) is 0 Å². The Morgan fingerprint density at radius 3 is 2.38 bits per heavy atom. The first-order chi connectivity index (χ1) is 9.57. The molecule has 1 N–H and O–H groups in total. The van der Waals surface area contributed by atoms with Crippen LogP contribution in [0.2, 0.25) is 0 Å². The van der Waals surface area contributed by atoms with Crippen LogP contribution in [0.15, 0.2) is 29.2 Å². The number of benzene rings is 1. The fourth-order valence-corrected chi connectivity index (χ4v) is 3.15. The van der Waals surface area contributed by atoms with Gasteiger partial charge in [-0.15, -0.1) is 0 Å². The van der Waals surface area contributed by atoms with Gasteiger partial charge in [0.25, 0.3) is 0 Å². The average Bonchev–Trinajstić information content (AvgIpc) is 2.38. The van der Waals surface area contributed by atoms with Gasteiger partial charge in [0, 0.05) is 5.92 Å². The first kappa shape index (κ1) is 17.1. The van der Waals surface area contributed by atoms with Crippen molar-refractivity contribution in [2.75, 3.05) is 5.75 Å². The Balaban J connectivity index is 2.82. The van der Waals surface area contributed by atoms with Crippen molar-refractivity contribution in [2.45, 2.75) is 31.2 Å². The molecule has 0 aliphatic heterocycles. The maximum atomic E-state index is 12.8. The van der Waals surface area contributed by atoms with Crippen LogP contribution in [0.25, 0.3) is 0 Å². The topological polar surface area (TPSA) is 87.0 Å². The summed E-state index contributed by atoms with van der Waals surface area (Å²) >= 11 is 0. The molecule has 0 radical (unpaired) electrons. The molecule has 1 aromatic carbocycles. The van der Waals surface area contributed by atoms with Crippen LogP contribution in [-0.4, -0.2) is 25.6 Å². The van der Waals surface area contributed by atoms with E-state index in [9.17, 15) is 17.6 Å². The Morgan fingerprint density at radius 1 is 1.38 bits per heavy atom. The van der Waals surface area contributed by atoms with E-state index < -0.39 is 38.8 Å². The molecule has 1 unspecified atom stereocenters. The van der Waals surface area contributed by atoms with Crippen molar-refractivity contribution in [2.24, 2.45) is 5.92 Å². The molecule has 1 rings (SSSR count). The molecule has 5 nitrogen and oxygen atoms in total. The molecule has 0 aliphatic rings. The van der Waals surface area contributed by atoms with Crippen molar-refractivity contribution in [3.63, 3.8) is 0 Å². The Labute approximate surface area is 123 Å². The van der Waals surface area contributed by atoms with Gasteiger partial charge in [0.1, 0.15) is 11.4 Å². The van der Waals surface area contributed by atoms with Crippen molar-refractivity contribution in [1.82, 2.24) is 5.32 Å². The summed E-state index contributed by atoms with van der Waals surface area (Å²) < 4.78 is 37.1. The van der Waals surface area contributed by atoms with Gasteiger partial charge in [0.15, 0.2) is 9.84 Å². The SMILES string of the molecule is CC(CS(=O)(=O)c1ccc(F)cc1)C(=O)NC(C)(C)C#N. The first-order valence-corrected chi connectivity index (χ1v) is 7.94. The summed E-state index contributed by atoms with van der Waals surface area (Å²) in [6.45, 7) is 4.50. The molecule has 114 valence electrons. The van der Waals surface area contributed by atoms with Gasteiger partial charge in [-0.1, -0.05) is 6.92 Å². The summed E-state index contributed by atoms with van der Waals surface area (Å²) in [6, 6.07) is 6.33. The molecule has 1 aromatic rings. The van der Waals surface area contributed by atoms with Crippen LogP contribution in [0.5, 0.6) is 0 Å². The van der Waals surface area contributed by atoms with Crippen molar-refractivity contribution < 1.29 is 17.6 Å². The number of nitrogens with one attached hydrogen (secondary N) is 1. The molecule has 1 amide bonds. The average molecular weight is 312 g/mol. The third-order valence-electron chi connectivity index (χ3n) is 2.80. The highest BCUT2D eigenvalue weighted by atomic mass is 32.2. The van der Waals surface area contributed by atoms with Crippen LogP contribution < -0.4 is 5.32 Å². The number of carbonyl (C=O) groups is 1. The zero-order valence-corrected chi connectivity index (χ0v) is 12.9. The lowest BCUT2D eigenvalue weighted by Crippen LogP contribution is -2.45. The molecule has 21 heavy (non-hydrogen) atoms. The molecule has 0 fully saturated rings. The second-order valence-corrected chi connectivity index (χ2v) is 7.40. The van der Waals surface area contributed by atoms with E-state index in [1.165, 1.54) is 20.8 Å². The van der Waals surface area contributed by atoms with E-state index in [0.717, 1.165) is 24.3 Å². The molecule has 1 atom stereocenters. The van der Waals surface area contributed by atoms with Gasteiger partial charge in [-0.2, -0.15) is 5.26 Å². The van der Waals surface area contributed by atoms with E-state index in [1.807, 2.05) is 6.07 Å². The quantitative estimate of drug-likeness (QED) is 0.838. The van der Waals surface area contributed by atoms with Crippen LogP contribution in [0.1, 0.15) is 20.8 Å². The summed E-state index contributed by atoms with van der Waals surface area (Å²) in [5, 5.41) is 11.3. The van der Waals surface area contributed by atoms with Gasteiger partial charge in [0.2, 0.25) is 5.91 Å². The summed E-state index contributed by atoms with van der Waals surface area (Å²) in [5.74, 6) is -2.29. The second-order valence-electron chi connectivity index (χ2n) is 5.36. The lowest BCUT2D eigenvalue weighted by Gasteiger charge is -2.20. The standard InChI is InChI=1S/C14H17FN2O3S/c1-10(13(18)17-14(2,3)9-16)8-21(19,20)12-6-4-11(15)5-7-12/h4-7,10H,8H2,1-3H3,(H,17,18). The number of hydrogen-bond donors (Lipinski definition) is 1. The maximum absolute atomic E-state index is 12.8. The Kier molecular flexibility index (Phi) is 5.07. The summed E-state index contributed by atoms with van der Waals surface area (Å²) in [4.78, 5) is 11.9. The molecule has 0 saturated carbocycles. The van der Waals surface area contributed by atoms with E-state index in [0.29, 0.717) is 0 Å². The van der Waals surface area contributed by atoms with Crippen molar-refractivity contribution >= 4 is 15.7 Å². The fourth-order valence-electron chi connectivity index (χ4n) is 1.60. The van der Waals surface area contributed by atoms with Gasteiger partial charge < -0.3 is 5.32 Å². The van der Waals surface area contributed by atoms with E-state index in [4.69, 9.17) is 5.26 Å². The minimum Gasteiger partial charge on any atom is -0.338 e. The van der Waals surface area contributed by atoms with Crippen LogP contribution >= 0.6 is 0 Å². The summed E-state index contributed by atoms with van der Waals surface area (Å²) in [7, 11) is -3.69. The van der Waals surface area contributed by atoms with Crippen molar-refractivity contribution in [3.8, 4) is 6.07 Å². The van der Waals surface area contributed by atoms with Crippen LogP contribution in [0.3, 0.4) is 0 Å². The Bertz CT molecular complexity index is 660. The largest absolute Gasteiger partial charge is 0.338 e. The van der Waals surface area contributed by atoms with Crippen LogP contribution in [0.4, 0.5) is 4.39 Å². The third-order valence-corrected chi connectivity index (χ3v) is 4.73. The summed E-state index contributed by atoms with van der Waals surface area (Å²) in [6.07, 6.45) is 0. The number of amides is 1. The van der Waals surface area contributed by atoms with E-state index >= 15 is 0 Å². The zero-order chi connectivity index (χ0) is 16.3. The fraction of sp³-hybridized carbons (Fsp3) is 0.429. The molecule has 0 saturated heterocycles. The van der Waals surface area contributed by atoms with Crippen molar-refractivity contribution in [3.05, 3.63) is 30.1 Å². The Morgan fingerprint density at radius 2 is 1.90 bits per heavy atom. The number of carbonyl (C=O) groups excluding carboxylic acids is 1. The minimum absolute atomic E-state index is 0.0388. The maximum Gasteiger partial charge on any atom is 0.225 e. The first-order valence-electron chi connectivity index (χ1n) is 6.29. The van der Waals surface area contributed by atoms with Crippen molar-refractivity contribution in [1.29, 1.82) is 5.26 Å². The predicted octanol–water partition coefficient (Wildman–Crippen LogP) is 1.65. The molecule has 0 spiro atoms. The van der Waals surface area contributed by atoms with Gasteiger partial charge in [-0.25, -0.2) is 12.8 Å². The molecule has 0 bridgehead atoms. The molecule has 0 heterocycles. The predicted molar refractivity (Wildman–Crippen MR) is 75.5 cm³/mol. The number of nitrogens with zero attached hydrogens (tertiary/aromatic N) is 1. The zero-order valence-electron chi connectivity index (χ0n) is 12.1. The number of hydrogen-bond acceptors (Lipinski definition) is 4. The summed E-state index contributed by atoms with van der Waals surface area (Å²) in [5.41, 5.74) is -1.06. The highest BCUT2D eigenvalue weighted by Crippen LogP contribution is 2.15. The van der Waals surface area contributed by atoms with Gasteiger partial charge in [0.05, 0.1) is 16.7 Å². The molecule has 7 heteroatoms. The lowest BCUT2D eigenvalue weighted by atomic mass is 10.1. The smallest absolute Gasteiger partial charge is 0.225 e. The lowest BCUT2D eigenvalue weighted by molar-refractivity contribution is -0.124. The van der Waals surface area contributed by atoms with E-state index in [-0.39, 0.29) is 4.90 Å². The van der Waals surface area contributed by atoms with Crippen LogP contribution in [0, 0.1) is 23.1 Å². The highest BCUT2D eigenvalue weighted by Gasteiger charge is 2.27.